The molecule has 1 aromatic carbocycles. The van der Waals surface area contributed by atoms with Crippen molar-refractivity contribution in [1.29, 1.82) is 0 Å². The van der Waals surface area contributed by atoms with Gasteiger partial charge in [0, 0.05) is 5.56 Å². The molecule has 2 nitrogen and oxygen atoms in total. The van der Waals surface area contributed by atoms with E-state index < -0.39 is 5.24 Å². The van der Waals surface area contributed by atoms with Crippen molar-refractivity contribution in [3.63, 3.8) is 0 Å². The highest BCUT2D eigenvalue weighted by Crippen LogP contribution is 2.22. The molecule has 1 aromatic rings. The molecule has 0 aromatic heterocycles. The lowest BCUT2D eigenvalue weighted by Gasteiger charge is -2.07. The van der Waals surface area contributed by atoms with Crippen LogP contribution in [0.1, 0.15) is 21.5 Å². The van der Waals surface area contributed by atoms with Gasteiger partial charge in [-0.15, -0.1) is 0 Å². The summed E-state index contributed by atoms with van der Waals surface area (Å²) in [4.78, 5) is 11.0. The van der Waals surface area contributed by atoms with E-state index in [9.17, 15) is 4.79 Å². The second kappa shape index (κ2) is 3.79. The third-order valence-electron chi connectivity index (χ3n) is 2.09. The number of halogens is 1. The average molecular weight is 199 g/mol. The summed E-state index contributed by atoms with van der Waals surface area (Å²) >= 11 is 5.41. The number of carbonyl (C=O) groups is 1. The van der Waals surface area contributed by atoms with Gasteiger partial charge >= 0.3 is 0 Å². The van der Waals surface area contributed by atoms with Crippen LogP contribution in [0.4, 0.5) is 0 Å². The summed E-state index contributed by atoms with van der Waals surface area (Å²) in [7, 11) is 1.56. The van der Waals surface area contributed by atoms with Crippen molar-refractivity contribution < 1.29 is 9.53 Å². The summed E-state index contributed by atoms with van der Waals surface area (Å²) < 4.78 is 5.03. The van der Waals surface area contributed by atoms with Gasteiger partial charge in [0.2, 0.25) is 0 Å². The molecule has 0 saturated heterocycles. The molecule has 1 rings (SSSR count). The van der Waals surface area contributed by atoms with Crippen LogP contribution in [0.15, 0.2) is 12.1 Å². The molecule has 0 aliphatic rings. The number of hydrogen-bond acceptors (Lipinski definition) is 2. The van der Waals surface area contributed by atoms with Crippen molar-refractivity contribution in [1.82, 2.24) is 0 Å². The maximum Gasteiger partial charge on any atom is 0.252 e. The van der Waals surface area contributed by atoms with E-state index >= 15 is 0 Å². The second-order valence-corrected chi connectivity index (χ2v) is 3.23. The molecular weight excluding hydrogens is 188 g/mol. The van der Waals surface area contributed by atoms with E-state index in [4.69, 9.17) is 16.3 Å². The summed E-state index contributed by atoms with van der Waals surface area (Å²) in [5.41, 5.74) is 2.42. The van der Waals surface area contributed by atoms with Crippen LogP contribution in [-0.4, -0.2) is 12.4 Å². The molecule has 0 amide bonds. The second-order valence-electron chi connectivity index (χ2n) is 2.89. The van der Waals surface area contributed by atoms with Crippen molar-refractivity contribution in [3.05, 3.63) is 28.8 Å². The average Bonchev–Trinajstić information content (AvgIpc) is 2.09. The van der Waals surface area contributed by atoms with Crippen molar-refractivity contribution in [2.24, 2.45) is 0 Å². The molecule has 3 heteroatoms. The molecule has 0 unspecified atom stereocenters. The Hall–Kier alpha value is -1.02. The number of ether oxygens (including phenoxy) is 1. The van der Waals surface area contributed by atoms with E-state index in [2.05, 4.69) is 0 Å². The van der Waals surface area contributed by atoms with Gasteiger partial charge in [-0.3, -0.25) is 4.79 Å². The van der Waals surface area contributed by atoms with Gasteiger partial charge in [-0.25, -0.2) is 0 Å². The highest BCUT2D eigenvalue weighted by Gasteiger charge is 2.09. The fourth-order valence-electron chi connectivity index (χ4n) is 1.15. The smallest absolute Gasteiger partial charge is 0.252 e. The molecule has 0 aliphatic heterocycles. The zero-order valence-corrected chi connectivity index (χ0v) is 8.61. The fraction of sp³-hybridized carbons (Fsp3) is 0.300. The summed E-state index contributed by atoms with van der Waals surface area (Å²) in [6, 6.07) is 3.52. The van der Waals surface area contributed by atoms with Crippen molar-refractivity contribution in [2.75, 3.05) is 7.11 Å². The first-order chi connectivity index (χ1) is 6.06. The first kappa shape index (κ1) is 10.1. The minimum Gasteiger partial charge on any atom is -0.497 e. The molecule has 0 N–H and O–H groups in total. The van der Waals surface area contributed by atoms with Gasteiger partial charge in [-0.2, -0.15) is 0 Å². The van der Waals surface area contributed by atoms with Gasteiger partial charge in [-0.1, -0.05) is 0 Å². The van der Waals surface area contributed by atoms with Crippen LogP contribution in [0, 0.1) is 13.8 Å². The Bertz CT molecular complexity index is 345. The monoisotopic (exact) mass is 198 g/mol. The zero-order valence-electron chi connectivity index (χ0n) is 7.85. The number of aryl methyl sites for hydroxylation is 1. The molecule has 0 spiro atoms. The Kier molecular flexibility index (Phi) is 2.94. The molecule has 70 valence electrons. The van der Waals surface area contributed by atoms with E-state index in [-0.39, 0.29) is 0 Å². The summed E-state index contributed by atoms with van der Waals surface area (Å²) in [6.45, 7) is 3.78. The first-order valence-corrected chi connectivity index (χ1v) is 4.29. The highest BCUT2D eigenvalue weighted by atomic mass is 35.5. The Balaban J connectivity index is 3.33. The van der Waals surface area contributed by atoms with Crippen molar-refractivity contribution in [2.45, 2.75) is 13.8 Å². The van der Waals surface area contributed by atoms with Crippen molar-refractivity contribution >= 4 is 16.8 Å². The molecule has 0 atom stereocenters. The van der Waals surface area contributed by atoms with Crippen LogP contribution in [0.3, 0.4) is 0 Å². The molecule has 0 aliphatic carbocycles. The third-order valence-corrected chi connectivity index (χ3v) is 2.29. The van der Waals surface area contributed by atoms with Crippen LogP contribution in [0.2, 0.25) is 0 Å². The van der Waals surface area contributed by atoms with Crippen LogP contribution in [-0.2, 0) is 0 Å². The summed E-state index contributed by atoms with van der Waals surface area (Å²) in [5, 5.41) is -0.445. The normalized spacial score (nSPS) is 9.85. The van der Waals surface area contributed by atoms with E-state index in [1.54, 1.807) is 13.2 Å². The lowest BCUT2D eigenvalue weighted by atomic mass is 10.0. The van der Waals surface area contributed by atoms with Crippen molar-refractivity contribution in [3.8, 4) is 5.75 Å². The van der Waals surface area contributed by atoms with Crippen LogP contribution < -0.4 is 4.74 Å². The van der Waals surface area contributed by atoms with E-state index in [1.165, 1.54) is 0 Å². The largest absolute Gasteiger partial charge is 0.497 e. The van der Waals surface area contributed by atoms with E-state index in [1.807, 2.05) is 19.9 Å². The Morgan fingerprint density at radius 3 is 2.46 bits per heavy atom. The third kappa shape index (κ3) is 2.01. The maximum atomic E-state index is 11.0. The number of rotatable bonds is 2. The van der Waals surface area contributed by atoms with Gasteiger partial charge in [-0.05, 0) is 48.7 Å². The molecule has 0 radical (unpaired) electrons. The molecular formula is C10H11ClO2. The lowest BCUT2D eigenvalue weighted by molar-refractivity contribution is 0.108. The Morgan fingerprint density at radius 2 is 2.00 bits per heavy atom. The first-order valence-electron chi connectivity index (χ1n) is 3.91. The minimum absolute atomic E-state index is 0.445. The summed E-state index contributed by atoms with van der Waals surface area (Å²) in [6.07, 6.45) is 0. The number of methoxy groups -OCH3 is 1. The highest BCUT2D eigenvalue weighted by molar-refractivity contribution is 6.68. The SMILES string of the molecule is COc1cc(C)c(C)c(C(=O)Cl)c1. The predicted octanol–water partition coefficient (Wildman–Crippen LogP) is 2.69. The van der Waals surface area contributed by atoms with Crippen LogP contribution >= 0.6 is 11.6 Å². The lowest BCUT2D eigenvalue weighted by Crippen LogP contribution is -1.97. The number of carbonyl (C=O) groups excluding carboxylic acids is 1. The zero-order chi connectivity index (χ0) is 10.0. The van der Waals surface area contributed by atoms with Gasteiger partial charge in [0.1, 0.15) is 5.75 Å². The number of benzene rings is 1. The molecule has 0 fully saturated rings. The van der Waals surface area contributed by atoms with E-state index in [0.717, 1.165) is 11.1 Å². The Morgan fingerprint density at radius 1 is 1.38 bits per heavy atom. The Labute approximate surface area is 82.5 Å². The van der Waals surface area contributed by atoms with Gasteiger partial charge < -0.3 is 4.74 Å². The van der Waals surface area contributed by atoms with Crippen LogP contribution in [0.5, 0.6) is 5.75 Å². The predicted molar refractivity (Wildman–Crippen MR) is 52.7 cm³/mol. The molecule has 0 bridgehead atoms. The molecule has 13 heavy (non-hydrogen) atoms. The fourth-order valence-corrected chi connectivity index (χ4v) is 1.34. The van der Waals surface area contributed by atoms with Gasteiger partial charge in [0.25, 0.3) is 5.24 Å². The van der Waals surface area contributed by atoms with Gasteiger partial charge in [0.05, 0.1) is 7.11 Å². The number of hydrogen-bond donors (Lipinski definition) is 0. The maximum absolute atomic E-state index is 11.0. The standard InChI is InChI=1S/C10H11ClO2/c1-6-4-8(13-3)5-9(7(6)2)10(11)12/h4-5H,1-3H3. The minimum atomic E-state index is -0.445. The molecule has 0 saturated carbocycles. The summed E-state index contributed by atoms with van der Waals surface area (Å²) in [5.74, 6) is 0.659. The van der Waals surface area contributed by atoms with E-state index in [0.29, 0.717) is 11.3 Å². The van der Waals surface area contributed by atoms with Crippen LogP contribution in [0.25, 0.3) is 0 Å². The topological polar surface area (TPSA) is 26.3 Å². The van der Waals surface area contributed by atoms with Gasteiger partial charge in [0.15, 0.2) is 0 Å². The molecule has 0 heterocycles. The quantitative estimate of drug-likeness (QED) is 0.683.